The van der Waals surface area contributed by atoms with Crippen molar-refractivity contribution in [2.75, 3.05) is 33.3 Å². The molecule has 30 heavy (non-hydrogen) atoms. The van der Waals surface area contributed by atoms with Gasteiger partial charge in [0.2, 0.25) is 0 Å². The van der Waals surface area contributed by atoms with Crippen LogP contribution in [0.5, 0.6) is 5.75 Å². The van der Waals surface area contributed by atoms with Crippen LogP contribution in [0.3, 0.4) is 0 Å². The molecule has 160 valence electrons. The van der Waals surface area contributed by atoms with E-state index in [4.69, 9.17) is 9.47 Å². The van der Waals surface area contributed by atoms with Crippen molar-refractivity contribution in [3.8, 4) is 5.75 Å². The topological polar surface area (TPSA) is 59.8 Å². The van der Waals surface area contributed by atoms with Crippen LogP contribution in [-0.4, -0.2) is 64.7 Å². The zero-order chi connectivity index (χ0) is 20.6. The van der Waals surface area contributed by atoms with Gasteiger partial charge in [-0.25, -0.2) is 4.98 Å². The van der Waals surface area contributed by atoms with Gasteiger partial charge in [-0.1, -0.05) is 12.1 Å². The summed E-state index contributed by atoms with van der Waals surface area (Å²) in [7, 11) is 1.69. The van der Waals surface area contributed by atoms with Gasteiger partial charge in [-0.05, 0) is 43.4 Å². The van der Waals surface area contributed by atoms with Crippen LogP contribution >= 0.6 is 0 Å². The number of aromatic nitrogens is 2. The Morgan fingerprint density at radius 3 is 2.60 bits per heavy atom. The summed E-state index contributed by atoms with van der Waals surface area (Å²) in [5.41, 5.74) is 0.818. The van der Waals surface area contributed by atoms with Crippen LogP contribution in [0, 0.1) is 0 Å². The fourth-order valence-corrected chi connectivity index (χ4v) is 5.07. The minimum atomic E-state index is -0.460. The van der Waals surface area contributed by atoms with Gasteiger partial charge in [-0.2, -0.15) is 0 Å². The van der Waals surface area contributed by atoms with Crippen LogP contribution in [0.15, 0.2) is 36.7 Å². The van der Waals surface area contributed by atoms with Gasteiger partial charge in [0.25, 0.3) is 5.91 Å². The van der Waals surface area contributed by atoms with Crippen molar-refractivity contribution >= 4 is 5.91 Å². The SMILES string of the molecule is COc1ccc(CN2CCC3(CC2)O[C@H](C(=O)N2CCCC2)Cn2ccnc23)cc1. The second-order valence-corrected chi connectivity index (χ2v) is 8.66. The van der Waals surface area contributed by atoms with Gasteiger partial charge in [0, 0.05) is 45.1 Å². The number of carbonyl (C=O) groups is 1. The Balaban J connectivity index is 1.28. The zero-order valence-electron chi connectivity index (χ0n) is 17.6. The number of methoxy groups -OCH3 is 1. The zero-order valence-corrected chi connectivity index (χ0v) is 17.6. The number of piperidine rings is 1. The summed E-state index contributed by atoms with van der Waals surface area (Å²) in [5.74, 6) is 2.01. The molecule has 3 aliphatic heterocycles. The molecule has 1 spiro atoms. The average molecular weight is 411 g/mol. The number of imidazole rings is 1. The Kier molecular flexibility index (Phi) is 5.25. The number of likely N-dealkylation sites (tertiary alicyclic amines) is 2. The Bertz CT molecular complexity index is 880. The number of hydrogen-bond acceptors (Lipinski definition) is 5. The van der Waals surface area contributed by atoms with E-state index >= 15 is 0 Å². The van der Waals surface area contributed by atoms with Gasteiger partial charge in [0.15, 0.2) is 6.10 Å². The third-order valence-electron chi connectivity index (χ3n) is 6.78. The molecule has 1 amide bonds. The van der Waals surface area contributed by atoms with Crippen molar-refractivity contribution in [1.82, 2.24) is 19.4 Å². The predicted octanol–water partition coefficient (Wildman–Crippen LogP) is 2.40. The molecule has 3 aliphatic rings. The van der Waals surface area contributed by atoms with Crippen molar-refractivity contribution < 1.29 is 14.3 Å². The lowest BCUT2D eigenvalue weighted by molar-refractivity contribution is -0.180. The second-order valence-electron chi connectivity index (χ2n) is 8.66. The molecule has 0 saturated carbocycles. The smallest absolute Gasteiger partial charge is 0.253 e. The van der Waals surface area contributed by atoms with Crippen molar-refractivity contribution in [3.05, 3.63) is 48.0 Å². The number of ether oxygens (including phenoxy) is 2. The van der Waals surface area contributed by atoms with Gasteiger partial charge in [-0.15, -0.1) is 0 Å². The highest BCUT2D eigenvalue weighted by Gasteiger charge is 2.47. The van der Waals surface area contributed by atoms with Crippen molar-refractivity contribution in [1.29, 1.82) is 0 Å². The molecule has 1 aromatic carbocycles. The Morgan fingerprint density at radius 1 is 1.17 bits per heavy atom. The fraction of sp³-hybridized carbons (Fsp3) is 0.565. The molecule has 0 N–H and O–H groups in total. The number of amides is 1. The summed E-state index contributed by atoms with van der Waals surface area (Å²) in [5, 5.41) is 0. The quantitative estimate of drug-likeness (QED) is 0.775. The molecule has 2 aromatic rings. The standard InChI is InChI=1S/C23H30N4O3/c1-29-19-6-4-18(5-7-19)16-25-13-8-23(9-14-25)22-24-10-15-27(22)17-20(30-23)21(28)26-11-2-3-12-26/h4-7,10,15,20H,2-3,8-9,11-14,16-17H2,1H3/t20-/m0/s1. The normalized spacial score (nSPS) is 23.5. The first-order chi connectivity index (χ1) is 14.7. The molecular formula is C23H30N4O3. The van der Waals surface area contributed by atoms with Crippen LogP contribution in [0.25, 0.3) is 0 Å². The third-order valence-corrected chi connectivity index (χ3v) is 6.78. The number of rotatable bonds is 4. The maximum atomic E-state index is 13.1. The van der Waals surface area contributed by atoms with E-state index in [1.165, 1.54) is 5.56 Å². The monoisotopic (exact) mass is 410 g/mol. The number of fused-ring (bicyclic) bond motifs is 2. The fourth-order valence-electron chi connectivity index (χ4n) is 5.07. The number of hydrogen-bond donors (Lipinski definition) is 0. The highest BCUT2D eigenvalue weighted by Crippen LogP contribution is 2.40. The van der Waals surface area contributed by atoms with E-state index in [1.807, 2.05) is 29.4 Å². The number of carbonyl (C=O) groups excluding carboxylic acids is 1. The molecule has 1 atom stereocenters. The van der Waals surface area contributed by atoms with E-state index < -0.39 is 11.7 Å². The highest BCUT2D eigenvalue weighted by atomic mass is 16.5. The van der Waals surface area contributed by atoms with Gasteiger partial charge in [0.1, 0.15) is 17.2 Å². The minimum absolute atomic E-state index is 0.145. The van der Waals surface area contributed by atoms with Crippen molar-refractivity contribution in [2.45, 2.75) is 50.5 Å². The third kappa shape index (κ3) is 3.61. The molecule has 0 radical (unpaired) electrons. The first kappa shape index (κ1) is 19.6. The van der Waals surface area contributed by atoms with Crippen molar-refractivity contribution in [3.63, 3.8) is 0 Å². The molecule has 7 heteroatoms. The van der Waals surface area contributed by atoms with E-state index in [0.717, 1.165) is 70.0 Å². The predicted molar refractivity (Wildman–Crippen MR) is 112 cm³/mol. The van der Waals surface area contributed by atoms with Crippen molar-refractivity contribution in [2.24, 2.45) is 0 Å². The van der Waals surface area contributed by atoms with Gasteiger partial charge in [-0.3, -0.25) is 9.69 Å². The molecule has 0 unspecified atom stereocenters. The molecule has 7 nitrogen and oxygen atoms in total. The Morgan fingerprint density at radius 2 is 1.90 bits per heavy atom. The van der Waals surface area contributed by atoms with E-state index in [1.54, 1.807) is 7.11 Å². The molecule has 2 fully saturated rings. The number of nitrogens with zero attached hydrogens (tertiary/aromatic N) is 4. The van der Waals surface area contributed by atoms with E-state index in [2.05, 4.69) is 26.6 Å². The molecule has 5 rings (SSSR count). The molecule has 1 aromatic heterocycles. The van der Waals surface area contributed by atoms with Crippen LogP contribution in [0.1, 0.15) is 37.1 Å². The van der Waals surface area contributed by atoms with Gasteiger partial charge in [0.05, 0.1) is 13.7 Å². The largest absolute Gasteiger partial charge is 0.497 e. The van der Waals surface area contributed by atoms with Crippen LogP contribution in [-0.2, 0) is 28.2 Å². The van der Waals surface area contributed by atoms with Gasteiger partial charge < -0.3 is 18.9 Å². The number of benzene rings is 1. The van der Waals surface area contributed by atoms with E-state index in [9.17, 15) is 4.79 Å². The van der Waals surface area contributed by atoms with Gasteiger partial charge >= 0.3 is 0 Å². The molecule has 0 bridgehead atoms. The summed E-state index contributed by atoms with van der Waals surface area (Å²) in [6.45, 7) is 5.04. The Hall–Kier alpha value is -2.38. The Labute approximate surface area is 177 Å². The molecule has 4 heterocycles. The summed E-state index contributed by atoms with van der Waals surface area (Å²) < 4.78 is 14.0. The second kappa shape index (κ2) is 8.04. The maximum Gasteiger partial charge on any atom is 0.253 e. The lowest BCUT2D eigenvalue weighted by Gasteiger charge is -2.46. The molecule has 0 aliphatic carbocycles. The first-order valence-corrected chi connectivity index (χ1v) is 11.0. The van der Waals surface area contributed by atoms with Crippen LogP contribution < -0.4 is 4.74 Å². The minimum Gasteiger partial charge on any atom is -0.497 e. The highest BCUT2D eigenvalue weighted by molar-refractivity contribution is 5.81. The summed E-state index contributed by atoms with van der Waals surface area (Å²) in [6.07, 6.45) is 7.33. The van der Waals surface area contributed by atoms with E-state index in [-0.39, 0.29) is 5.91 Å². The summed E-state index contributed by atoms with van der Waals surface area (Å²) in [6, 6.07) is 8.27. The summed E-state index contributed by atoms with van der Waals surface area (Å²) in [4.78, 5) is 22.1. The lowest BCUT2D eigenvalue weighted by atomic mass is 9.88. The summed E-state index contributed by atoms with van der Waals surface area (Å²) >= 11 is 0. The van der Waals surface area contributed by atoms with E-state index in [0.29, 0.717) is 6.54 Å². The van der Waals surface area contributed by atoms with Crippen LogP contribution in [0.2, 0.25) is 0 Å². The maximum absolute atomic E-state index is 13.1. The lowest BCUT2D eigenvalue weighted by Crippen LogP contribution is -2.54. The molecular weight excluding hydrogens is 380 g/mol. The molecule has 2 saturated heterocycles. The first-order valence-electron chi connectivity index (χ1n) is 11.0. The van der Waals surface area contributed by atoms with Crippen LogP contribution in [0.4, 0.5) is 0 Å². The average Bonchev–Trinajstić information content (AvgIpc) is 3.48.